The number of ketones is 1. The van der Waals surface area contributed by atoms with E-state index in [1.54, 1.807) is 48.5 Å². The van der Waals surface area contributed by atoms with E-state index in [4.69, 9.17) is 9.47 Å². The van der Waals surface area contributed by atoms with Crippen LogP contribution in [0.2, 0.25) is 0 Å². The number of carbonyl (C=O) groups excluding carboxylic acids is 2. The van der Waals surface area contributed by atoms with E-state index in [9.17, 15) is 14.7 Å². The van der Waals surface area contributed by atoms with Gasteiger partial charge in [-0.3, -0.25) is 14.5 Å². The predicted octanol–water partition coefficient (Wildman–Crippen LogP) is 6.18. The monoisotopic (exact) mass is 483 g/mol. The lowest BCUT2D eigenvalue weighted by molar-refractivity contribution is -0.132. The van der Waals surface area contributed by atoms with Crippen molar-refractivity contribution in [2.45, 2.75) is 6.04 Å². The zero-order chi connectivity index (χ0) is 24.4. The number of amides is 1. The Morgan fingerprint density at radius 2 is 1.54 bits per heavy atom. The number of hydrogen-bond acceptors (Lipinski definition) is 6. The lowest BCUT2D eigenvalue weighted by atomic mass is 9.99. The molecule has 0 radical (unpaired) electrons. The van der Waals surface area contributed by atoms with Gasteiger partial charge >= 0.3 is 0 Å². The molecule has 0 saturated carbocycles. The van der Waals surface area contributed by atoms with E-state index < -0.39 is 17.7 Å². The minimum absolute atomic E-state index is 0.0200. The molecule has 1 aromatic heterocycles. The highest BCUT2D eigenvalue weighted by Crippen LogP contribution is 2.44. The summed E-state index contributed by atoms with van der Waals surface area (Å²) in [6, 6.07) is 26.1. The SMILES string of the molecule is COc1ccccc1/C(O)=C1/C(=O)C(=O)N(c2ccc(Oc3ccccc3)cc2)C1c1cccs1. The molecule has 1 N–H and O–H groups in total. The average Bonchev–Trinajstić information content (AvgIpc) is 3.52. The van der Waals surface area contributed by atoms with Crippen molar-refractivity contribution in [3.8, 4) is 17.2 Å². The lowest BCUT2D eigenvalue weighted by Gasteiger charge is -2.24. The first kappa shape index (κ1) is 22.4. The van der Waals surface area contributed by atoms with Crippen molar-refractivity contribution >= 4 is 34.5 Å². The lowest BCUT2D eigenvalue weighted by Crippen LogP contribution is -2.29. The van der Waals surface area contributed by atoms with Crippen molar-refractivity contribution < 1.29 is 24.2 Å². The number of methoxy groups -OCH3 is 1. The predicted molar refractivity (Wildman–Crippen MR) is 135 cm³/mol. The molecule has 2 heterocycles. The Labute approximate surface area is 206 Å². The Bertz CT molecular complexity index is 1400. The van der Waals surface area contributed by atoms with E-state index >= 15 is 0 Å². The van der Waals surface area contributed by atoms with E-state index in [2.05, 4.69) is 0 Å². The van der Waals surface area contributed by atoms with Crippen molar-refractivity contribution in [1.29, 1.82) is 0 Å². The van der Waals surface area contributed by atoms with Crippen LogP contribution in [0.25, 0.3) is 5.76 Å². The molecule has 1 aliphatic heterocycles. The summed E-state index contributed by atoms with van der Waals surface area (Å²) in [6.07, 6.45) is 0. The Balaban J connectivity index is 1.57. The van der Waals surface area contributed by atoms with Gasteiger partial charge in [0.1, 0.15) is 29.0 Å². The molecule has 5 rings (SSSR count). The molecule has 0 spiro atoms. The van der Waals surface area contributed by atoms with Gasteiger partial charge in [0.05, 0.1) is 18.2 Å². The third-order valence-corrected chi connectivity index (χ3v) is 6.64. The molecule has 4 aromatic rings. The van der Waals surface area contributed by atoms with Gasteiger partial charge in [-0.15, -0.1) is 11.3 Å². The van der Waals surface area contributed by atoms with Gasteiger partial charge in [-0.05, 0) is 60.0 Å². The molecule has 1 unspecified atom stereocenters. The number of thiophene rings is 1. The Morgan fingerprint density at radius 3 is 2.23 bits per heavy atom. The molecule has 1 aliphatic rings. The fraction of sp³-hybridized carbons (Fsp3) is 0.0714. The number of hydrogen-bond donors (Lipinski definition) is 1. The molecule has 1 saturated heterocycles. The quantitative estimate of drug-likeness (QED) is 0.201. The first-order chi connectivity index (χ1) is 17.1. The first-order valence-corrected chi connectivity index (χ1v) is 11.8. The smallest absolute Gasteiger partial charge is 0.300 e. The van der Waals surface area contributed by atoms with Crippen LogP contribution in [0.5, 0.6) is 17.2 Å². The largest absolute Gasteiger partial charge is 0.507 e. The van der Waals surface area contributed by atoms with Gasteiger partial charge in [0.2, 0.25) is 0 Å². The van der Waals surface area contributed by atoms with Gasteiger partial charge in [0.25, 0.3) is 11.7 Å². The van der Waals surface area contributed by atoms with Gasteiger partial charge in [-0.2, -0.15) is 0 Å². The van der Waals surface area contributed by atoms with Crippen LogP contribution in [0.15, 0.2) is 102 Å². The summed E-state index contributed by atoms with van der Waals surface area (Å²) in [5.41, 5.74) is 0.887. The molecule has 1 atom stereocenters. The van der Waals surface area contributed by atoms with Crippen molar-refractivity contribution in [2.75, 3.05) is 12.0 Å². The second kappa shape index (κ2) is 9.48. The Hall–Kier alpha value is -4.36. The van der Waals surface area contributed by atoms with Crippen LogP contribution in [0, 0.1) is 0 Å². The maximum atomic E-state index is 13.3. The maximum Gasteiger partial charge on any atom is 0.300 e. The molecular weight excluding hydrogens is 462 g/mol. The minimum Gasteiger partial charge on any atom is -0.507 e. The summed E-state index contributed by atoms with van der Waals surface area (Å²) >= 11 is 1.41. The average molecular weight is 484 g/mol. The van der Waals surface area contributed by atoms with Gasteiger partial charge < -0.3 is 14.6 Å². The summed E-state index contributed by atoms with van der Waals surface area (Å²) in [4.78, 5) is 28.7. The maximum absolute atomic E-state index is 13.3. The summed E-state index contributed by atoms with van der Waals surface area (Å²) < 4.78 is 11.2. The van der Waals surface area contributed by atoms with Gasteiger partial charge in [0.15, 0.2) is 0 Å². The highest BCUT2D eigenvalue weighted by atomic mass is 32.1. The van der Waals surface area contributed by atoms with Crippen LogP contribution < -0.4 is 14.4 Å². The van der Waals surface area contributed by atoms with Crippen molar-refractivity contribution in [3.05, 3.63) is 112 Å². The summed E-state index contributed by atoms with van der Waals surface area (Å²) in [5.74, 6) is -0.0448. The Kier molecular flexibility index (Phi) is 6.08. The minimum atomic E-state index is -0.777. The summed E-state index contributed by atoms with van der Waals surface area (Å²) in [7, 11) is 1.49. The molecule has 0 aliphatic carbocycles. The number of benzene rings is 3. The zero-order valence-electron chi connectivity index (χ0n) is 18.8. The molecular formula is C28H21NO5S. The van der Waals surface area contributed by atoms with Crippen LogP contribution >= 0.6 is 11.3 Å². The normalized spacial score (nSPS) is 16.9. The number of para-hydroxylation sites is 2. The number of aliphatic hydroxyl groups excluding tert-OH is 1. The number of ether oxygens (including phenoxy) is 2. The molecule has 6 nitrogen and oxygen atoms in total. The third kappa shape index (κ3) is 4.18. The van der Waals surface area contributed by atoms with Crippen LogP contribution in [0.4, 0.5) is 5.69 Å². The number of aliphatic hydroxyl groups is 1. The van der Waals surface area contributed by atoms with E-state index in [0.717, 1.165) is 4.88 Å². The number of rotatable bonds is 6. The summed E-state index contributed by atoms with van der Waals surface area (Å²) in [5, 5.41) is 13.1. The number of anilines is 1. The zero-order valence-corrected chi connectivity index (χ0v) is 19.6. The fourth-order valence-electron chi connectivity index (χ4n) is 4.10. The second-order valence-corrected chi connectivity index (χ2v) is 8.77. The second-order valence-electron chi connectivity index (χ2n) is 7.79. The van der Waals surface area contributed by atoms with Gasteiger partial charge in [0, 0.05) is 10.6 Å². The molecule has 0 bridgehead atoms. The van der Waals surface area contributed by atoms with Crippen LogP contribution in [0.1, 0.15) is 16.5 Å². The molecule has 3 aromatic carbocycles. The standard InChI is InChI=1S/C28H21NO5S/c1-33-22-11-6-5-10-21(22)26(30)24-25(23-12-7-17-35-23)29(28(32)27(24)31)18-13-15-20(16-14-18)34-19-8-3-2-4-9-19/h2-17,25,30H,1H3/b26-24-. The number of nitrogens with zero attached hydrogens (tertiary/aromatic N) is 1. The highest BCUT2D eigenvalue weighted by Gasteiger charge is 2.47. The fourth-order valence-corrected chi connectivity index (χ4v) is 4.92. The first-order valence-electron chi connectivity index (χ1n) is 10.9. The molecule has 35 heavy (non-hydrogen) atoms. The van der Waals surface area contributed by atoms with Crippen LogP contribution in [-0.4, -0.2) is 23.9 Å². The van der Waals surface area contributed by atoms with E-state index in [1.807, 2.05) is 47.8 Å². The van der Waals surface area contributed by atoms with Crippen LogP contribution in [-0.2, 0) is 9.59 Å². The van der Waals surface area contributed by atoms with Crippen molar-refractivity contribution in [1.82, 2.24) is 0 Å². The van der Waals surface area contributed by atoms with Gasteiger partial charge in [-0.1, -0.05) is 36.4 Å². The topological polar surface area (TPSA) is 76.1 Å². The van der Waals surface area contributed by atoms with E-state index in [-0.39, 0.29) is 11.3 Å². The molecule has 1 amide bonds. The van der Waals surface area contributed by atoms with Crippen LogP contribution in [0.3, 0.4) is 0 Å². The Morgan fingerprint density at radius 1 is 0.857 bits per heavy atom. The van der Waals surface area contributed by atoms with Crippen molar-refractivity contribution in [3.63, 3.8) is 0 Å². The molecule has 7 heteroatoms. The van der Waals surface area contributed by atoms with Gasteiger partial charge in [-0.25, -0.2) is 0 Å². The number of Topliss-reactive ketones (excluding diaryl/α,β-unsaturated/α-hetero) is 1. The van der Waals surface area contributed by atoms with Crippen molar-refractivity contribution in [2.24, 2.45) is 0 Å². The third-order valence-electron chi connectivity index (χ3n) is 5.71. The molecule has 1 fully saturated rings. The summed E-state index contributed by atoms with van der Waals surface area (Å²) in [6.45, 7) is 0. The molecule has 174 valence electrons. The van der Waals surface area contributed by atoms with E-state index in [0.29, 0.717) is 28.5 Å². The van der Waals surface area contributed by atoms with E-state index in [1.165, 1.54) is 23.3 Å². The number of carbonyl (C=O) groups is 2. The highest BCUT2D eigenvalue weighted by molar-refractivity contribution is 7.10.